The largest absolute Gasteiger partial charge is 0.350 e. The molecule has 6 heteroatoms. The summed E-state index contributed by atoms with van der Waals surface area (Å²) in [5, 5.41) is 11.5. The van der Waals surface area contributed by atoms with Crippen molar-refractivity contribution in [1.29, 1.82) is 0 Å². The van der Waals surface area contributed by atoms with Gasteiger partial charge in [0.15, 0.2) is 5.65 Å². The van der Waals surface area contributed by atoms with Gasteiger partial charge in [-0.05, 0) is 107 Å². The molecule has 6 nitrogen and oxygen atoms in total. The SMILES string of the molecule is CC(C)NC(=O)c1ccc(-c2[nH]nc3ncc(-c4ccc5c(c4)CCC(C)(N4CCCC4)CC5)cc23)cc1. The standard InChI is InChI=1S/C32H37N5O/c1-21(2)34-31(38)24-9-7-23(8-10-24)29-28-19-27(20-33-30(28)36-35-29)25-11-6-22-12-14-32(3,15-13-26(22)18-25)37-16-4-5-17-37/h6-11,18-21H,4-5,12-17H2,1-3H3,(H,34,38)(H,33,35,36). The fourth-order valence-electron chi connectivity index (χ4n) is 6.20. The second kappa shape index (κ2) is 9.99. The number of hydrogen-bond acceptors (Lipinski definition) is 4. The van der Waals surface area contributed by atoms with E-state index in [0.29, 0.717) is 16.7 Å². The first-order chi connectivity index (χ1) is 18.4. The number of fused-ring (bicyclic) bond motifs is 2. The molecular weight excluding hydrogens is 470 g/mol. The van der Waals surface area contributed by atoms with E-state index in [-0.39, 0.29) is 11.9 Å². The van der Waals surface area contributed by atoms with Gasteiger partial charge in [0, 0.05) is 39.9 Å². The van der Waals surface area contributed by atoms with E-state index in [9.17, 15) is 4.79 Å². The zero-order valence-electron chi connectivity index (χ0n) is 22.7. The molecule has 4 aromatic rings. The zero-order chi connectivity index (χ0) is 26.3. The van der Waals surface area contributed by atoms with E-state index in [1.54, 1.807) is 0 Å². The van der Waals surface area contributed by atoms with E-state index < -0.39 is 0 Å². The van der Waals surface area contributed by atoms with E-state index in [0.717, 1.165) is 35.0 Å². The third kappa shape index (κ3) is 4.73. The van der Waals surface area contributed by atoms with Gasteiger partial charge in [0.1, 0.15) is 0 Å². The van der Waals surface area contributed by atoms with Crippen molar-refractivity contribution in [2.75, 3.05) is 13.1 Å². The number of hydrogen-bond donors (Lipinski definition) is 2. The van der Waals surface area contributed by atoms with Gasteiger partial charge in [0.2, 0.25) is 0 Å². The molecule has 1 amide bonds. The molecule has 3 heterocycles. The smallest absolute Gasteiger partial charge is 0.251 e. The van der Waals surface area contributed by atoms with Gasteiger partial charge in [0.25, 0.3) is 5.91 Å². The van der Waals surface area contributed by atoms with Gasteiger partial charge in [-0.15, -0.1) is 0 Å². The molecule has 1 aliphatic carbocycles. The maximum Gasteiger partial charge on any atom is 0.251 e. The predicted octanol–water partition coefficient (Wildman–Crippen LogP) is 6.16. The van der Waals surface area contributed by atoms with Crippen molar-refractivity contribution in [3.05, 3.63) is 71.4 Å². The summed E-state index contributed by atoms with van der Waals surface area (Å²) >= 11 is 0. The molecule has 0 spiro atoms. The van der Waals surface area contributed by atoms with Crippen molar-refractivity contribution in [3.8, 4) is 22.4 Å². The van der Waals surface area contributed by atoms with Crippen LogP contribution in [0.5, 0.6) is 0 Å². The highest BCUT2D eigenvalue weighted by molar-refractivity contribution is 5.96. The molecule has 1 saturated heterocycles. The summed E-state index contributed by atoms with van der Waals surface area (Å²) in [6.07, 6.45) is 9.35. The second-order valence-electron chi connectivity index (χ2n) is 11.6. The Kier molecular flexibility index (Phi) is 6.52. The van der Waals surface area contributed by atoms with Crippen molar-refractivity contribution < 1.29 is 4.79 Å². The maximum absolute atomic E-state index is 12.3. The van der Waals surface area contributed by atoms with Crippen LogP contribution in [0, 0.1) is 0 Å². The van der Waals surface area contributed by atoms with E-state index in [4.69, 9.17) is 0 Å². The monoisotopic (exact) mass is 507 g/mol. The number of pyridine rings is 1. The number of aromatic nitrogens is 3. The number of benzene rings is 2. The van der Waals surface area contributed by atoms with Crippen LogP contribution in [-0.2, 0) is 12.8 Å². The minimum Gasteiger partial charge on any atom is -0.350 e. The number of H-pyrrole nitrogens is 1. The first kappa shape index (κ1) is 24.8. The first-order valence-corrected chi connectivity index (χ1v) is 14.0. The topological polar surface area (TPSA) is 73.9 Å². The lowest BCUT2D eigenvalue weighted by molar-refractivity contribution is 0.0943. The summed E-state index contributed by atoms with van der Waals surface area (Å²) in [5.74, 6) is -0.0612. The van der Waals surface area contributed by atoms with Crippen LogP contribution in [0.2, 0.25) is 0 Å². The van der Waals surface area contributed by atoms with E-state index in [1.807, 2.05) is 44.3 Å². The highest BCUT2D eigenvalue weighted by atomic mass is 16.1. The number of nitrogens with zero attached hydrogens (tertiary/aromatic N) is 3. The van der Waals surface area contributed by atoms with Gasteiger partial charge >= 0.3 is 0 Å². The third-order valence-electron chi connectivity index (χ3n) is 8.54. The lowest BCUT2D eigenvalue weighted by Crippen LogP contribution is -2.44. The Hall–Kier alpha value is -3.51. The summed E-state index contributed by atoms with van der Waals surface area (Å²) < 4.78 is 0. The van der Waals surface area contributed by atoms with Gasteiger partial charge in [0.05, 0.1) is 5.69 Å². The Bertz CT molecular complexity index is 1470. The number of rotatable bonds is 5. The summed E-state index contributed by atoms with van der Waals surface area (Å²) in [6.45, 7) is 8.91. The molecular formula is C32H37N5O. The van der Waals surface area contributed by atoms with Crippen LogP contribution in [0.4, 0.5) is 0 Å². The highest BCUT2D eigenvalue weighted by Crippen LogP contribution is 2.36. The normalized spacial score (nSPS) is 20.0. The van der Waals surface area contributed by atoms with Crippen LogP contribution in [0.1, 0.15) is 67.9 Å². The lowest BCUT2D eigenvalue weighted by Gasteiger charge is -2.38. The Morgan fingerprint density at radius 3 is 2.39 bits per heavy atom. The Labute approximate surface area is 224 Å². The minimum absolute atomic E-state index is 0.0612. The van der Waals surface area contributed by atoms with Gasteiger partial charge in [-0.3, -0.25) is 14.8 Å². The van der Waals surface area contributed by atoms with Gasteiger partial charge in [-0.2, -0.15) is 5.10 Å². The van der Waals surface area contributed by atoms with Crippen LogP contribution in [0.25, 0.3) is 33.4 Å². The van der Waals surface area contributed by atoms with Crippen molar-refractivity contribution in [3.63, 3.8) is 0 Å². The molecule has 1 atom stereocenters. The molecule has 2 N–H and O–H groups in total. The van der Waals surface area contributed by atoms with Crippen LogP contribution in [-0.4, -0.2) is 50.7 Å². The lowest BCUT2D eigenvalue weighted by atomic mass is 9.90. The number of likely N-dealkylation sites (tertiary alicyclic amines) is 1. The van der Waals surface area contributed by atoms with Crippen molar-refractivity contribution in [2.24, 2.45) is 0 Å². The Balaban J connectivity index is 1.27. The minimum atomic E-state index is -0.0612. The number of aryl methyl sites for hydroxylation is 2. The average Bonchev–Trinajstić information content (AvgIpc) is 3.58. The second-order valence-corrected chi connectivity index (χ2v) is 11.6. The Morgan fingerprint density at radius 2 is 1.66 bits per heavy atom. The van der Waals surface area contributed by atoms with Gasteiger partial charge in [-0.25, -0.2) is 4.98 Å². The molecule has 1 fully saturated rings. The molecule has 38 heavy (non-hydrogen) atoms. The van der Waals surface area contributed by atoms with Crippen molar-refractivity contribution in [1.82, 2.24) is 25.4 Å². The van der Waals surface area contributed by atoms with E-state index in [2.05, 4.69) is 56.6 Å². The number of nitrogens with one attached hydrogen (secondary N) is 2. The van der Waals surface area contributed by atoms with E-state index in [1.165, 1.54) is 55.5 Å². The van der Waals surface area contributed by atoms with Gasteiger partial charge < -0.3 is 5.32 Å². The predicted molar refractivity (Wildman–Crippen MR) is 153 cm³/mol. The third-order valence-corrected chi connectivity index (χ3v) is 8.54. The van der Waals surface area contributed by atoms with Gasteiger partial charge in [-0.1, -0.05) is 30.3 Å². The summed E-state index contributed by atoms with van der Waals surface area (Å²) in [4.78, 5) is 19.8. The first-order valence-electron chi connectivity index (χ1n) is 14.0. The zero-order valence-corrected chi connectivity index (χ0v) is 22.7. The van der Waals surface area contributed by atoms with E-state index >= 15 is 0 Å². The average molecular weight is 508 g/mol. The van der Waals surface area contributed by atoms with Crippen LogP contribution in [0.3, 0.4) is 0 Å². The molecule has 0 saturated carbocycles. The molecule has 6 rings (SSSR count). The van der Waals surface area contributed by atoms with Crippen molar-refractivity contribution >= 4 is 16.9 Å². The molecule has 0 radical (unpaired) electrons. The quantitative estimate of drug-likeness (QED) is 0.317. The molecule has 0 bridgehead atoms. The van der Waals surface area contributed by atoms with Crippen LogP contribution < -0.4 is 5.32 Å². The maximum atomic E-state index is 12.3. The number of amides is 1. The fourth-order valence-corrected chi connectivity index (χ4v) is 6.20. The number of carbonyl (C=O) groups is 1. The summed E-state index contributed by atoms with van der Waals surface area (Å²) in [7, 11) is 0. The molecule has 1 unspecified atom stereocenters. The molecule has 2 aromatic heterocycles. The molecule has 196 valence electrons. The number of aromatic amines is 1. The van der Waals surface area contributed by atoms with Crippen LogP contribution in [0.15, 0.2) is 54.7 Å². The highest BCUT2D eigenvalue weighted by Gasteiger charge is 2.34. The van der Waals surface area contributed by atoms with Crippen molar-refractivity contribution in [2.45, 2.75) is 70.9 Å². The molecule has 1 aliphatic heterocycles. The molecule has 2 aliphatic rings. The summed E-state index contributed by atoms with van der Waals surface area (Å²) in [5.41, 5.74) is 8.84. The summed E-state index contributed by atoms with van der Waals surface area (Å²) in [6, 6.07) is 16.9. The Morgan fingerprint density at radius 1 is 0.947 bits per heavy atom. The molecule has 2 aromatic carbocycles. The number of carbonyl (C=O) groups excluding carboxylic acids is 1. The fraction of sp³-hybridized carbons (Fsp3) is 0.406. The van der Waals surface area contributed by atoms with Crippen LogP contribution >= 0.6 is 0 Å².